The molecular formula is C19H27N5OS. The summed E-state index contributed by atoms with van der Waals surface area (Å²) in [6.07, 6.45) is 11.6. The van der Waals surface area contributed by atoms with Crippen molar-refractivity contribution in [3.05, 3.63) is 29.7 Å². The third-order valence-electron chi connectivity index (χ3n) is 5.61. The van der Waals surface area contributed by atoms with Gasteiger partial charge in [-0.05, 0) is 38.8 Å². The van der Waals surface area contributed by atoms with Crippen LogP contribution in [0.4, 0.5) is 0 Å². The Morgan fingerprint density at radius 1 is 1.27 bits per heavy atom. The Bertz CT molecular complexity index is 707. The van der Waals surface area contributed by atoms with Gasteiger partial charge in [0, 0.05) is 43.3 Å². The summed E-state index contributed by atoms with van der Waals surface area (Å²) in [5.41, 5.74) is 1.31. The molecule has 0 saturated carbocycles. The number of aliphatic hydroxyl groups is 1. The van der Waals surface area contributed by atoms with Crippen LogP contribution in [0.2, 0.25) is 0 Å². The van der Waals surface area contributed by atoms with E-state index in [2.05, 4.69) is 30.5 Å². The minimum Gasteiger partial charge on any atom is -0.387 e. The van der Waals surface area contributed by atoms with E-state index in [4.69, 9.17) is 0 Å². The van der Waals surface area contributed by atoms with Gasteiger partial charge in [0.15, 0.2) is 0 Å². The second kappa shape index (κ2) is 8.08. The van der Waals surface area contributed by atoms with Gasteiger partial charge in [-0.15, -0.1) is 11.3 Å². The van der Waals surface area contributed by atoms with E-state index in [9.17, 15) is 5.11 Å². The van der Waals surface area contributed by atoms with Crippen LogP contribution < -0.4 is 5.32 Å². The molecule has 6 nitrogen and oxygen atoms in total. The fourth-order valence-electron chi connectivity index (χ4n) is 4.30. The molecule has 0 aromatic carbocycles. The third kappa shape index (κ3) is 3.96. The average Bonchev–Trinajstić information content (AvgIpc) is 3.16. The van der Waals surface area contributed by atoms with Crippen molar-refractivity contribution < 1.29 is 5.11 Å². The second-order valence-electron chi connectivity index (χ2n) is 7.42. The Morgan fingerprint density at radius 2 is 2.19 bits per heavy atom. The first-order chi connectivity index (χ1) is 12.7. The number of nitrogens with zero attached hydrogens (tertiary/aromatic N) is 4. The number of piperidine rings is 2. The summed E-state index contributed by atoms with van der Waals surface area (Å²) in [7, 11) is 0. The van der Waals surface area contributed by atoms with Gasteiger partial charge in [0.25, 0.3) is 0 Å². The first kappa shape index (κ1) is 18.0. The van der Waals surface area contributed by atoms with Gasteiger partial charge in [-0.2, -0.15) is 0 Å². The molecule has 4 heterocycles. The number of hydrogen-bond donors (Lipinski definition) is 2. The van der Waals surface area contributed by atoms with Crippen molar-refractivity contribution >= 4 is 11.3 Å². The lowest BCUT2D eigenvalue weighted by Crippen LogP contribution is -2.62. The lowest BCUT2D eigenvalue weighted by molar-refractivity contribution is -0.0916. The molecule has 2 aromatic rings. The molecule has 4 rings (SSSR count). The Morgan fingerprint density at radius 3 is 3.08 bits per heavy atom. The van der Waals surface area contributed by atoms with E-state index in [1.807, 2.05) is 0 Å². The topological polar surface area (TPSA) is 74.2 Å². The minimum absolute atomic E-state index is 0.333. The van der Waals surface area contributed by atoms with Crippen LogP contribution in [0, 0.1) is 0 Å². The van der Waals surface area contributed by atoms with Gasteiger partial charge in [0.05, 0.1) is 17.5 Å². The number of fused-ring (bicyclic) bond motifs is 1. The second-order valence-corrected chi connectivity index (χ2v) is 8.27. The molecule has 2 N–H and O–H groups in total. The van der Waals surface area contributed by atoms with Crippen LogP contribution in [0.3, 0.4) is 0 Å². The van der Waals surface area contributed by atoms with Gasteiger partial charge in [-0.3, -0.25) is 14.9 Å². The van der Waals surface area contributed by atoms with Gasteiger partial charge in [-0.1, -0.05) is 6.42 Å². The van der Waals surface area contributed by atoms with Crippen LogP contribution in [0.1, 0.15) is 37.8 Å². The average molecular weight is 374 g/mol. The Hall–Kier alpha value is -1.41. The summed E-state index contributed by atoms with van der Waals surface area (Å²) < 4.78 is 0. The first-order valence-electron chi connectivity index (χ1n) is 9.62. The van der Waals surface area contributed by atoms with Crippen molar-refractivity contribution in [1.29, 1.82) is 0 Å². The van der Waals surface area contributed by atoms with Crippen LogP contribution in [0.5, 0.6) is 0 Å². The molecule has 2 aliphatic rings. The van der Waals surface area contributed by atoms with E-state index >= 15 is 0 Å². The van der Waals surface area contributed by atoms with Crippen molar-refractivity contribution in [2.75, 3.05) is 26.2 Å². The summed E-state index contributed by atoms with van der Waals surface area (Å²) in [5.74, 6) is 0. The summed E-state index contributed by atoms with van der Waals surface area (Å²) in [5, 5.41) is 17.7. The fraction of sp³-hybridized carbons (Fsp3) is 0.632. The largest absolute Gasteiger partial charge is 0.387 e. The van der Waals surface area contributed by atoms with E-state index < -0.39 is 5.60 Å². The van der Waals surface area contributed by atoms with Crippen LogP contribution >= 0.6 is 11.3 Å². The van der Waals surface area contributed by atoms with Crippen LogP contribution in [-0.2, 0) is 6.42 Å². The highest BCUT2D eigenvalue weighted by molar-refractivity contribution is 7.13. The molecule has 140 valence electrons. The third-order valence-corrected chi connectivity index (χ3v) is 6.53. The first-order valence-corrected chi connectivity index (χ1v) is 10.5. The predicted octanol–water partition coefficient (Wildman–Crippen LogP) is 2.11. The molecular weight excluding hydrogens is 346 g/mol. The zero-order chi connectivity index (χ0) is 17.8. The summed E-state index contributed by atoms with van der Waals surface area (Å²) >= 11 is 1.61. The molecule has 7 heteroatoms. The zero-order valence-corrected chi connectivity index (χ0v) is 15.9. The van der Waals surface area contributed by atoms with E-state index in [1.165, 1.54) is 12.8 Å². The number of thiazole rings is 1. The minimum atomic E-state index is -0.578. The number of hydrogen-bond acceptors (Lipinski definition) is 7. The van der Waals surface area contributed by atoms with Crippen molar-refractivity contribution in [3.8, 4) is 10.7 Å². The summed E-state index contributed by atoms with van der Waals surface area (Å²) in [6, 6.07) is 0.333. The summed E-state index contributed by atoms with van der Waals surface area (Å²) in [4.78, 5) is 15.6. The van der Waals surface area contributed by atoms with Crippen LogP contribution in [-0.4, -0.2) is 62.8 Å². The quantitative estimate of drug-likeness (QED) is 0.756. The van der Waals surface area contributed by atoms with Gasteiger partial charge in [-0.25, -0.2) is 4.98 Å². The molecule has 2 saturated heterocycles. The molecule has 0 aliphatic carbocycles. The van der Waals surface area contributed by atoms with E-state index in [-0.39, 0.29) is 0 Å². The highest BCUT2D eigenvalue weighted by Crippen LogP contribution is 2.33. The SMILES string of the molecule is O[C@@]1(CNCCc2csc(-c3cnccn3)n2)CCCN2CCCC[C@@H]21. The van der Waals surface area contributed by atoms with Crippen molar-refractivity contribution in [2.45, 2.75) is 50.2 Å². The lowest BCUT2D eigenvalue weighted by Gasteiger charge is -2.49. The van der Waals surface area contributed by atoms with E-state index in [0.29, 0.717) is 12.6 Å². The van der Waals surface area contributed by atoms with Gasteiger partial charge in [0.2, 0.25) is 0 Å². The molecule has 0 amide bonds. The molecule has 2 aliphatic heterocycles. The number of aromatic nitrogens is 3. The van der Waals surface area contributed by atoms with Gasteiger partial charge < -0.3 is 10.4 Å². The lowest BCUT2D eigenvalue weighted by atomic mass is 9.79. The molecule has 0 bridgehead atoms. The van der Waals surface area contributed by atoms with E-state index in [0.717, 1.165) is 61.7 Å². The molecule has 26 heavy (non-hydrogen) atoms. The Balaban J connectivity index is 1.28. The monoisotopic (exact) mass is 373 g/mol. The Labute approximate surface area is 158 Å². The van der Waals surface area contributed by atoms with Gasteiger partial charge in [0.1, 0.15) is 10.7 Å². The number of nitrogens with one attached hydrogen (secondary N) is 1. The maximum atomic E-state index is 11.2. The molecule has 0 unspecified atom stereocenters. The zero-order valence-electron chi connectivity index (χ0n) is 15.1. The highest BCUT2D eigenvalue weighted by Gasteiger charge is 2.43. The van der Waals surface area contributed by atoms with Crippen molar-refractivity contribution in [2.24, 2.45) is 0 Å². The number of rotatable bonds is 6. The molecule has 2 aromatic heterocycles. The molecule has 2 atom stereocenters. The van der Waals surface area contributed by atoms with Crippen molar-refractivity contribution in [3.63, 3.8) is 0 Å². The molecule has 2 fully saturated rings. The smallest absolute Gasteiger partial charge is 0.143 e. The normalized spacial score (nSPS) is 26.6. The molecule has 0 spiro atoms. The fourth-order valence-corrected chi connectivity index (χ4v) is 5.11. The maximum absolute atomic E-state index is 11.2. The van der Waals surface area contributed by atoms with Crippen LogP contribution in [0.15, 0.2) is 24.0 Å². The molecule has 0 radical (unpaired) electrons. The van der Waals surface area contributed by atoms with Gasteiger partial charge >= 0.3 is 0 Å². The maximum Gasteiger partial charge on any atom is 0.143 e. The standard InChI is InChI=1S/C19H27N5OS/c25-19(6-3-11-24-10-2-1-4-17(19)24)14-21-7-5-15-13-26-18(23-15)16-12-20-8-9-22-16/h8-9,12-13,17,21,25H,1-7,10-11,14H2/t17-,19-/m1/s1. The predicted molar refractivity (Wildman–Crippen MR) is 103 cm³/mol. The highest BCUT2D eigenvalue weighted by atomic mass is 32.1. The Kier molecular flexibility index (Phi) is 5.59. The van der Waals surface area contributed by atoms with Crippen LogP contribution in [0.25, 0.3) is 10.7 Å². The van der Waals surface area contributed by atoms with Crippen molar-refractivity contribution in [1.82, 2.24) is 25.2 Å². The van der Waals surface area contributed by atoms with E-state index in [1.54, 1.807) is 29.9 Å². The summed E-state index contributed by atoms with van der Waals surface area (Å²) in [6.45, 7) is 3.81.